The molecule has 3 fully saturated rings. The van der Waals surface area contributed by atoms with Crippen molar-refractivity contribution in [1.29, 1.82) is 0 Å². The molecule has 2 saturated carbocycles. The van der Waals surface area contributed by atoms with Crippen LogP contribution in [0.25, 0.3) is 0 Å². The van der Waals surface area contributed by atoms with Crippen LogP contribution < -0.4 is 10.0 Å². The van der Waals surface area contributed by atoms with Gasteiger partial charge in [0, 0.05) is 6.04 Å². The highest BCUT2D eigenvalue weighted by atomic mass is 35.5. The zero-order chi connectivity index (χ0) is 15.2. The number of hydrogen-bond acceptors (Lipinski definition) is 3. The van der Waals surface area contributed by atoms with E-state index in [0.717, 1.165) is 13.1 Å². The van der Waals surface area contributed by atoms with Gasteiger partial charge in [0.05, 0.1) is 4.90 Å². The van der Waals surface area contributed by atoms with E-state index in [0.29, 0.717) is 22.6 Å². The monoisotopic (exact) mass is 356 g/mol. The molecule has 2 aliphatic carbocycles. The summed E-state index contributed by atoms with van der Waals surface area (Å²) in [7, 11) is -3.36. The van der Waals surface area contributed by atoms with Crippen LogP contribution in [0.2, 0.25) is 0 Å². The molecule has 1 heterocycles. The maximum absolute atomic E-state index is 12.5. The van der Waals surface area contributed by atoms with Crippen LogP contribution in [0.15, 0.2) is 29.2 Å². The molecule has 4 nitrogen and oxygen atoms in total. The fourth-order valence-electron chi connectivity index (χ4n) is 4.20. The minimum absolute atomic E-state index is 0. The van der Waals surface area contributed by atoms with E-state index in [-0.39, 0.29) is 18.4 Å². The van der Waals surface area contributed by atoms with Gasteiger partial charge in [-0.1, -0.05) is 31.4 Å². The number of sulfonamides is 1. The third kappa shape index (κ3) is 3.43. The molecular formula is C17H25ClN2O2S. The van der Waals surface area contributed by atoms with E-state index in [4.69, 9.17) is 0 Å². The van der Waals surface area contributed by atoms with Crippen molar-refractivity contribution in [3.8, 4) is 0 Å². The summed E-state index contributed by atoms with van der Waals surface area (Å²) in [6, 6.07) is 7.73. The Kier molecular flexibility index (Phi) is 5.02. The average Bonchev–Trinajstić information content (AvgIpc) is 2.98. The van der Waals surface area contributed by atoms with E-state index in [1.165, 1.54) is 37.7 Å². The highest BCUT2D eigenvalue weighted by molar-refractivity contribution is 7.89. The van der Waals surface area contributed by atoms with E-state index in [2.05, 4.69) is 10.0 Å². The maximum atomic E-state index is 12.5. The summed E-state index contributed by atoms with van der Waals surface area (Å²) in [4.78, 5) is 0.407. The highest BCUT2D eigenvalue weighted by Crippen LogP contribution is 2.42. The first-order chi connectivity index (χ1) is 10.6. The first kappa shape index (κ1) is 17.2. The Labute approximate surface area is 144 Å². The molecule has 2 unspecified atom stereocenters. The van der Waals surface area contributed by atoms with Crippen LogP contribution >= 0.6 is 12.4 Å². The van der Waals surface area contributed by atoms with E-state index in [1.54, 1.807) is 12.1 Å². The molecule has 4 rings (SSSR count). The van der Waals surface area contributed by atoms with E-state index in [1.807, 2.05) is 12.1 Å². The van der Waals surface area contributed by atoms with Gasteiger partial charge in [-0.3, -0.25) is 0 Å². The maximum Gasteiger partial charge on any atom is 0.240 e. The SMILES string of the molecule is Cl.O=S(=O)(NC1C2CNCC21)c1ccc(C2CCCCC2)cc1. The lowest BCUT2D eigenvalue weighted by molar-refractivity contribution is 0.443. The van der Waals surface area contributed by atoms with Crippen LogP contribution in [0.5, 0.6) is 0 Å². The summed E-state index contributed by atoms with van der Waals surface area (Å²) in [6.45, 7) is 1.89. The number of halogens is 1. The van der Waals surface area contributed by atoms with Crippen molar-refractivity contribution in [1.82, 2.24) is 10.0 Å². The average molecular weight is 357 g/mol. The van der Waals surface area contributed by atoms with Crippen molar-refractivity contribution in [2.45, 2.75) is 49.0 Å². The Balaban J connectivity index is 0.00000156. The molecule has 1 aromatic carbocycles. The lowest BCUT2D eigenvalue weighted by atomic mass is 9.84. The number of benzene rings is 1. The van der Waals surface area contributed by atoms with Crippen LogP contribution in [0.3, 0.4) is 0 Å². The van der Waals surface area contributed by atoms with Gasteiger partial charge in [0.15, 0.2) is 0 Å². The molecule has 3 aliphatic rings. The second-order valence-electron chi connectivity index (χ2n) is 7.04. The van der Waals surface area contributed by atoms with Crippen LogP contribution in [0.4, 0.5) is 0 Å². The molecule has 1 saturated heterocycles. The van der Waals surface area contributed by atoms with Crippen LogP contribution in [0, 0.1) is 11.8 Å². The van der Waals surface area contributed by atoms with E-state index < -0.39 is 10.0 Å². The van der Waals surface area contributed by atoms with Gasteiger partial charge >= 0.3 is 0 Å². The second-order valence-corrected chi connectivity index (χ2v) is 8.75. The van der Waals surface area contributed by atoms with Crippen molar-refractivity contribution >= 4 is 22.4 Å². The summed E-state index contributed by atoms with van der Waals surface area (Å²) in [5.74, 6) is 1.61. The predicted molar refractivity (Wildman–Crippen MR) is 93.5 cm³/mol. The van der Waals surface area contributed by atoms with Gasteiger partial charge in [-0.05, 0) is 61.4 Å². The Hall–Kier alpha value is -0.620. The summed E-state index contributed by atoms with van der Waals surface area (Å²) in [5.41, 5.74) is 1.30. The first-order valence-electron chi connectivity index (χ1n) is 8.48. The van der Waals surface area contributed by atoms with Crippen molar-refractivity contribution in [3.63, 3.8) is 0 Å². The fourth-order valence-corrected chi connectivity index (χ4v) is 5.53. The molecule has 128 valence electrons. The standard InChI is InChI=1S/C17H24N2O2S.ClH/c20-22(21,19-17-15-10-18-11-16(15)17)14-8-6-13(7-9-14)12-4-2-1-3-5-12;/h6-9,12,15-19H,1-5,10-11H2;1H. The molecule has 1 aromatic rings. The van der Waals surface area contributed by atoms with Crippen molar-refractivity contribution in [3.05, 3.63) is 29.8 Å². The molecular weight excluding hydrogens is 332 g/mol. The van der Waals surface area contributed by atoms with Gasteiger partial charge in [0.2, 0.25) is 10.0 Å². The Morgan fingerprint density at radius 3 is 2.17 bits per heavy atom. The summed E-state index contributed by atoms with van der Waals surface area (Å²) in [5, 5.41) is 3.29. The number of rotatable bonds is 4. The zero-order valence-electron chi connectivity index (χ0n) is 13.2. The van der Waals surface area contributed by atoms with E-state index in [9.17, 15) is 8.42 Å². The zero-order valence-corrected chi connectivity index (χ0v) is 14.8. The van der Waals surface area contributed by atoms with Gasteiger partial charge in [-0.2, -0.15) is 0 Å². The lowest BCUT2D eigenvalue weighted by Gasteiger charge is -2.22. The topological polar surface area (TPSA) is 58.2 Å². The minimum Gasteiger partial charge on any atom is -0.316 e. The fraction of sp³-hybridized carbons (Fsp3) is 0.647. The molecule has 1 aliphatic heterocycles. The Bertz CT molecular complexity index is 631. The molecule has 0 bridgehead atoms. The second kappa shape index (κ2) is 6.71. The van der Waals surface area contributed by atoms with Crippen molar-refractivity contribution < 1.29 is 8.42 Å². The van der Waals surface area contributed by atoms with Crippen LogP contribution in [0.1, 0.15) is 43.6 Å². The quantitative estimate of drug-likeness (QED) is 0.872. The van der Waals surface area contributed by atoms with Crippen LogP contribution in [-0.4, -0.2) is 27.5 Å². The molecule has 2 N–H and O–H groups in total. The molecule has 0 amide bonds. The highest BCUT2D eigenvalue weighted by Gasteiger charge is 2.54. The third-order valence-corrected chi connectivity index (χ3v) is 7.13. The first-order valence-corrected chi connectivity index (χ1v) is 9.96. The van der Waals surface area contributed by atoms with Gasteiger partial charge in [0.25, 0.3) is 0 Å². The van der Waals surface area contributed by atoms with Crippen LogP contribution in [-0.2, 0) is 10.0 Å². The number of hydrogen-bond donors (Lipinski definition) is 2. The number of piperidine rings is 1. The van der Waals surface area contributed by atoms with Crippen molar-refractivity contribution in [2.24, 2.45) is 11.8 Å². The van der Waals surface area contributed by atoms with Gasteiger partial charge in [0.1, 0.15) is 0 Å². The molecule has 6 heteroatoms. The smallest absolute Gasteiger partial charge is 0.240 e. The minimum atomic E-state index is -3.36. The predicted octanol–water partition coefficient (Wildman–Crippen LogP) is 2.65. The molecule has 0 aromatic heterocycles. The number of fused-ring (bicyclic) bond motifs is 1. The summed E-state index contributed by atoms with van der Waals surface area (Å²) >= 11 is 0. The van der Waals surface area contributed by atoms with Crippen molar-refractivity contribution in [2.75, 3.05) is 13.1 Å². The molecule has 0 radical (unpaired) electrons. The Morgan fingerprint density at radius 1 is 0.957 bits per heavy atom. The summed E-state index contributed by atoms with van der Waals surface area (Å²) in [6.07, 6.45) is 6.41. The van der Waals surface area contributed by atoms with Gasteiger partial charge < -0.3 is 5.32 Å². The van der Waals surface area contributed by atoms with Gasteiger partial charge in [-0.25, -0.2) is 13.1 Å². The Morgan fingerprint density at radius 2 is 1.57 bits per heavy atom. The largest absolute Gasteiger partial charge is 0.316 e. The van der Waals surface area contributed by atoms with Gasteiger partial charge in [-0.15, -0.1) is 12.4 Å². The van der Waals surface area contributed by atoms with E-state index >= 15 is 0 Å². The molecule has 2 atom stereocenters. The molecule has 23 heavy (non-hydrogen) atoms. The molecule has 0 spiro atoms. The number of nitrogens with one attached hydrogen (secondary N) is 2. The lowest BCUT2D eigenvalue weighted by Crippen LogP contribution is -2.32. The normalized spacial score (nSPS) is 30.5. The summed E-state index contributed by atoms with van der Waals surface area (Å²) < 4.78 is 27.8. The third-order valence-electron chi connectivity index (χ3n) is 5.65.